The first-order valence-corrected chi connectivity index (χ1v) is 8.29. The number of nitrogens with zero attached hydrogens (tertiary/aromatic N) is 1. The minimum atomic E-state index is -4.35. The van der Waals surface area contributed by atoms with Gasteiger partial charge in [0, 0.05) is 31.7 Å². The van der Waals surface area contributed by atoms with Gasteiger partial charge in [-0.2, -0.15) is 13.2 Å². The average Bonchev–Trinajstić information content (AvgIpc) is 3.08. The standard InChI is InChI=1S/C18H21F3N2O2/c19-18(20,21)15-3-1-2-14(12-15)17-5-4-16(25-17)13-22-6-7-23-8-10-24-11-9-23/h1-5,12,22H,6-11,13H2. The Morgan fingerprint density at radius 2 is 1.88 bits per heavy atom. The zero-order chi connectivity index (χ0) is 17.7. The maximum Gasteiger partial charge on any atom is 0.416 e. The van der Waals surface area contributed by atoms with Gasteiger partial charge in [-0.3, -0.25) is 4.90 Å². The van der Waals surface area contributed by atoms with Crippen molar-refractivity contribution in [2.75, 3.05) is 39.4 Å². The van der Waals surface area contributed by atoms with Gasteiger partial charge < -0.3 is 14.5 Å². The van der Waals surface area contributed by atoms with Crippen LogP contribution in [0.2, 0.25) is 0 Å². The molecule has 0 spiro atoms. The number of furan rings is 1. The molecule has 0 unspecified atom stereocenters. The first kappa shape index (κ1) is 18.0. The zero-order valence-corrected chi connectivity index (χ0v) is 13.8. The Bertz CT molecular complexity index is 679. The van der Waals surface area contributed by atoms with E-state index in [4.69, 9.17) is 9.15 Å². The summed E-state index contributed by atoms with van der Waals surface area (Å²) in [5, 5.41) is 3.29. The van der Waals surface area contributed by atoms with Gasteiger partial charge in [0.15, 0.2) is 0 Å². The van der Waals surface area contributed by atoms with Crippen molar-refractivity contribution in [3.05, 3.63) is 47.7 Å². The maximum atomic E-state index is 12.8. The number of halogens is 3. The number of alkyl halides is 3. The maximum absolute atomic E-state index is 12.8. The molecule has 2 heterocycles. The number of ether oxygens (including phenoxy) is 1. The predicted molar refractivity (Wildman–Crippen MR) is 88.1 cm³/mol. The van der Waals surface area contributed by atoms with Crippen molar-refractivity contribution in [3.63, 3.8) is 0 Å². The summed E-state index contributed by atoms with van der Waals surface area (Å²) >= 11 is 0. The van der Waals surface area contributed by atoms with Crippen LogP contribution in [0.5, 0.6) is 0 Å². The lowest BCUT2D eigenvalue weighted by atomic mass is 10.1. The van der Waals surface area contributed by atoms with E-state index >= 15 is 0 Å². The van der Waals surface area contributed by atoms with Crippen LogP contribution in [-0.4, -0.2) is 44.3 Å². The van der Waals surface area contributed by atoms with E-state index in [0.29, 0.717) is 23.6 Å². The molecule has 1 aromatic carbocycles. The summed E-state index contributed by atoms with van der Waals surface area (Å²) in [6.07, 6.45) is -4.35. The first-order chi connectivity index (χ1) is 12.0. The van der Waals surface area contributed by atoms with Crippen LogP contribution in [0.15, 0.2) is 40.8 Å². The Balaban J connectivity index is 1.52. The molecule has 7 heteroatoms. The van der Waals surface area contributed by atoms with E-state index in [-0.39, 0.29) is 0 Å². The second-order valence-electron chi connectivity index (χ2n) is 5.98. The highest BCUT2D eigenvalue weighted by molar-refractivity contribution is 5.58. The van der Waals surface area contributed by atoms with Gasteiger partial charge in [-0.25, -0.2) is 0 Å². The Labute approximate surface area is 144 Å². The van der Waals surface area contributed by atoms with Crippen molar-refractivity contribution in [3.8, 4) is 11.3 Å². The molecular weight excluding hydrogens is 333 g/mol. The van der Waals surface area contributed by atoms with Crippen LogP contribution < -0.4 is 5.32 Å². The third-order valence-corrected chi connectivity index (χ3v) is 4.14. The van der Waals surface area contributed by atoms with Crippen molar-refractivity contribution in [1.82, 2.24) is 10.2 Å². The molecule has 0 atom stereocenters. The summed E-state index contributed by atoms with van der Waals surface area (Å²) in [4.78, 5) is 2.33. The van der Waals surface area contributed by atoms with E-state index in [1.165, 1.54) is 6.07 Å². The van der Waals surface area contributed by atoms with Crippen LogP contribution in [0.1, 0.15) is 11.3 Å². The molecule has 0 bridgehead atoms. The molecule has 0 radical (unpaired) electrons. The quantitative estimate of drug-likeness (QED) is 0.807. The molecule has 3 rings (SSSR count). The van der Waals surface area contributed by atoms with Crippen LogP contribution in [0.25, 0.3) is 11.3 Å². The summed E-state index contributed by atoms with van der Waals surface area (Å²) in [5.41, 5.74) is -0.249. The number of benzene rings is 1. The summed E-state index contributed by atoms with van der Waals surface area (Å²) in [5.74, 6) is 1.14. The minimum absolute atomic E-state index is 0.425. The normalized spacial score (nSPS) is 16.3. The SMILES string of the molecule is FC(F)(F)c1cccc(-c2ccc(CNCCN3CCOCC3)o2)c1. The van der Waals surface area contributed by atoms with E-state index < -0.39 is 11.7 Å². The van der Waals surface area contributed by atoms with Gasteiger partial charge in [-0.05, 0) is 24.3 Å². The third-order valence-electron chi connectivity index (χ3n) is 4.14. The fourth-order valence-corrected chi connectivity index (χ4v) is 2.75. The van der Waals surface area contributed by atoms with Crippen molar-refractivity contribution in [1.29, 1.82) is 0 Å². The van der Waals surface area contributed by atoms with Gasteiger partial charge in [-0.15, -0.1) is 0 Å². The molecule has 136 valence electrons. The number of rotatable bonds is 6. The number of hydrogen-bond donors (Lipinski definition) is 1. The first-order valence-electron chi connectivity index (χ1n) is 8.29. The molecule has 25 heavy (non-hydrogen) atoms. The molecular formula is C18H21F3N2O2. The lowest BCUT2D eigenvalue weighted by Gasteiger charge is -2.26. The van der Waals surface area contributed by atoms with Crippen LogP contribution in [0.3, 0.4) is 0 Å². The van der Waals surface area contributed by atoms with E-state index in [1.807, 2.05) is 0 Å². The smallest absolute Gasteiger partial charge is 0.416 e. The Morgan fingerprint density at radius 1 is 1.08 bits per heavy atom. The number of nitrogens with one attached hydrogen (secondary N) is 1. The molecule has 4 nitrogen and oxygen atoms in total. The molecule has 1 aliphatic rings. The largest absolute Gasteiger partial charge is 0.460 e. The molecule has 0 amide bonds. The third kappa shape index (κ3) is 5.07. The van der Waals surface area contributed by atoms with Crippen molar-refractivity contribution >= 4 is 0 Å². The summed E-state index contributed by atoms with van der Waals surface area (Å²) in [6, 6.07) is 8.66. The molecule has 1 N–H and O–H groups in total. The molecule has 1 saturated heterocycles. The van der Waals surface area contributed by atoms with Gasteiger partial charge >= 0.3 is 6.18 Å². The van der Waals surface area contributed by atoms with Gasteiger partial charge in [0.05, 0.1) is 25.3 Å². The van der Waals surface area contributed by atoms with Crippen molar-refractivity contribution < 1.29 is 22.3 Å². The highest BCUT2D eigenvalue weighted by atomic mass is 19.4. The fraction of sp³-hybridized carbons (Fsp3) is 0.444. The van der Waals surface area contributed by atoms with Gasteiger partial charge in [0.1, 0.15) is 11.5 Å². The van der Waals surface area contributed by atoms with Gasteiger partial charge in [0.2, 0.25) is 0 Å². The van der Waals surface area contributed by atoms with Gasteiger partial charge in [0.25, 0.3) is 0 Å². The number of morpholine rings is 1. The molecule has 0 aliphatic carbocycles. The Hall–Kier alpha value is -1.83. The predicted octanol–water partition coefficient (Wildman–Crippen LogP) is 3.39. The monoisotopic (exact) mass is 354 g/mol. The molecule has 1 fully saturated rings. The number of hydrogen-bond acceptors (Lipinski definition) is 4. The van der Waals surface area contributed by atoms with Crippen LogP contribution in [-0.2, 0) is 17.5 Å². The molecule has 1 aliphatic heterocycles. The molecule has 1 aromatic heterocycles. The van der Waals surface area contributed by atoms with Crippen molar-refractivity contribution in [2.45, 2.75) is 12.7 Å². The average molecular weight is 354 g/mol. The Kier molecular flexibility index (Phi) is 5.78. The second-order valence-corrected chi connectivity index (χ2v) is 5.98. The van der Waals surface area contributed by atoms with E-state index in [1.54, 1.807) is 18.2 Å². The second kappa shape index (κ2) is 8.03. The van der Waals surface area contributed by atoms with Crippen molar-refractivity contribution in [2.24, 2.45) is 0 Å². The highest BCUT2D eigenvalue weighted by Gasteiger charge is 2.30. The summed E-state index contributed by atoms with van der Waals surface area (Å²) < 4.78 is 49.4. The summed E-state index contributed by atoms with van der Waals surface area (Å²) in [6.45, 7) is 5.74. The summed E-state index contributed by atoms with van der Waals surface area (Å²) in [7, 11) is 0. The van der Waals surface area contributed by atoms with E-state index in [2.05, 4.69) is 10.2 Å². The van der Waals surface area contributed by atoms with Crippen LogP contribution in [0.4, 0.5) is 13.2 Å². The zero-order valence-electron chi connectivity index (χ0n) is 13.8. The van der Waals surface area contributed by atoms with E-state index in [0.717, 1.165) is 51.5 Å². The highest BCUT2D eigenvalue weighted by Crippen LogP contribution is 2.32. The minimum Gasteiger partial charge on any atom is -0.460 e. The topological polar surface area (TPSA) is 37.6 Å². The van der Waals surface area contributed by atoms with E-state index in [9.17, 15) is 13.2 Å². The van der Waals surface area contributed by atoms with Crippen LogP contribution >= 0.6 is 0 Å². The molecule has 2 aromatic rings. The molecule has 0 saturated carbocycles. The van der Waals surface area contributed by atoms with Crippen LogP contribution in [0, 0.1) is 0 Å². The lowest BCUT2D eigenvalue weighted by molar-refractivity contribution is -0.137. The Morgan fingerprint density at radius 3 is 2.64 bits per heavy atom. The van der Waals surface area contributed by atoms with Gasteiger partial charge in [-0.1, -0.05) is 12.1 Å². The lowest BCUT2D eigenvalue weighted by Crippen LogP contribution is -2.40. The fourth-order valence-electron chi connectivity index (χ4n) is 2.75.